The first-order valence-electron chi connectivity index (χ1n) is 11.7. The molecule has 7 nitrogen and oxygen atoms in total. The Morgan fingerprint density at radius 3 is 2.88 bits per heavy atom. The largest absolute Gasteiger partial charge is 0.379 e. The van der Waals surface area contributed by atoms with E-state index < -0.39 is 0 Å². The third-order valence-electron chi connectivity index (χ3n) is 7.01. The Morgan fingerprint density at radius 2 is 2.00 bits per heavy atom. The fourth-order valence-corrected chi connectivity index (χ4v) is 6.24. The van der Waals surface area contributed by atoms with Gasteiger partial charge in [-0.2, -0.15) is 0 Å². The summed E-state index contributed by atoms with van der Waals surface area (Å²) in [4.78, 5) is 13.6. The molecule has 0 bridgehead atoms. The number of thiophene rings is 1. The zero-order chi connectivity index (χ0) is 21.3. The summed E-state index contributed by atoms with van der Waals surface area (Å²) >= 11 is 1.72. The highest BCUT2D eigenvalue weighted by Gasteiger charge is 2.34. The van der Waals surface area contributed by atoms with Gasteiger partial charge in [0.1, 0.15) is 16.5 Å². The molecule has 2 saturated heterocycles. The zero-order valence-corrected chi connectivity index (χ0v) is 19.0. The van der Waals surface area contributed by atoms with Crippen molar-refractivity contribution >= 4 is 27.4 Å². The molecule has 3 unspecified atom stereocenters. The van der Waals surface area contributed by atoms with Crippen LogP contribution in [0, 0.1) is 5.92 Å². The zero-order valence-electron chi connectivity index (χ0n) is 18.2. The van der Waals surface area contributed by atoms with E-state index >= 15 is 0 Å². The molecule has 1 aliphatic carbocycles. The van der Waals surface area contributed by atoms with Crippen LogP contribution in [-0.2, 0) is 11.3 Å². The predicted molar refractivity (Wildman–Crippen MR) is 129 cm³/mol. The van der Waals surface area contributed by atoms with E-state index in [1.54, 1.807) is 11.3 Å². The highest BCUT2D eigenvalue weighted by molar-refractivity contribution is 7.17. The van der Waals surface area contributed by atoms with Crippen LogP contribution in [0.5, 0.6) is 0 Å². The third kappa shape index (κ3) is 4.13. The van der Waals surface area contributed by atoms with Crippen molar-refractivity contribution in [2.45, 2.75) is 37.9 Å². The second-order valence-corrected chi connectivity index (χ2v) is 9.98. The topological polar surface area (TPSA) is 74.3 Å². The maximum absolute atomic E-state index is 5.52. The molecule has 3 aliphatic rings. The minimum Gasteiger partial charge on any atom is -0.379 e. The molecular formula is C24H30N6OS. The molecular weight excluding hydrogens is 420 g/mol. The van der Waals surface area contributed by atoms with Crippen LogP contribution >= 0.6 is 11.3 Å². The first kappa shape index (κ1) is 20.5. The Kier molecular flexibility index (Phi) is 5.79. The van der Waals surface area contributed by atoms with Crippen LogP contribution in [0.25, 0.3) is 21.3 Å². The monoisotopic (exact) mass is 450 g/mol. The van der Waals surface area contributed by atoms with E-state index in [0.29, 0.717) is 18.0 Å². The Bertz CT molecular complexity index is 1070. The van der Waals surface area contributed by atoms with E-state index in [2.05, 4.69) is 56.8 Å². The minimum absolute atomic E-state index is 0.441. The van der Waals surface area contributed by atoms with Crippen LogP contribution in [-0.4, -0.2) is 59.8 Å². The molecule has 3 aromatic rings. The van der Waals surface area contributed by atoms with Crippen LogP contribution in [0.4, 0.5) is 5.82 Å². The lowest BCUT2D eigenvalue weighted by Gasteiger charge is -2.32. The highest BCUT2D eigenvalue weighted by Crippen LogP contribution is 2.38. The molecule has 6 rings (SSSR count). The van der Waals surface area contributed by atoms with Gasteiger partial charge in [-0.3, -0.25) is 15.8 Å². The van der Waals surface area contributed by atoms with Crippen molar-refractivity contribution in [1.29, 1.82) is 0 Å². The number of morpholine rings is 1. The van der Waals surface area contributed by atoms with Gasteiger partial charge in [0.2, 0.25) is 0 Å². The summed E-state index contributed by atoms with van der Waals surface area (Å²) in [5, 5.41) is 7.27. The average molecular weight is 451 g/mol. The van der Waals surface area contributed by atoms with Crippen LogP contribution in [0.1, 0.15) is 25.1 Å². The van der Waals surface area contributed by atoms with E-state index in [-0.39, 0.29) is 0 Å². The lowest BCUT2D eigenvalue weighted by atomic mass is 9.83. The number of anilines is 1. The Morgan fingerprint density at radius 1 is 1.12 bits per heavy atom. The van der Waals surface area contributed by atoms with Crippen LogP contribution in [0.3, 0.4) is 0 Å². The molecule has 4 heterocycles. The van der Waals surface area contributed by atoms with Gasteiger partial charge in [0.05, 0.1) is 25.1 Å². The van der Waals surface area contributed by atoms with Gasteiger partial charge in [0.15, 0.2) is 0 Å². The quantitative estimate of drug-likeness (QED) is 0.551. The molecule has 2 aliphatic heterocycles. The summed E-state index contributed by atoms with van der Waals surface area (Å²) in [7, 11) is 0. The third-order valence-corrected chi connectivity index (χ3v) is 7.88. The van der Waals surface area contributed by atoms with Crippen molar-refractivity contribution in [3.05, 3.63) is 41.5 Å². The maximum Gasteiger partial charge on any atom is 0.146 e. The summed E-state index contributed by atoms with van der Waals surface area (Å²) in [5.41, 5.74) is 9.23. The molecule has 3 N–H and O–H groups in total. The number of hydrazine groups is 1. The molecule has 1 saturated carbocycles. The lowest BCUT2D eigenvalue weighted by Crippen LogP contribution is -2.39. The number of benzene rings is 1. The normalized spacial score (nSPS) is 26.3. The number of hydrogen-bond donors (Lipinski definition) is 3. The van der Waals surface area contributed by atoms with Gasteiger partial charge in [-0.25, -0.2) is 9.97 Å². The highest BCUT2D eigenvalue weighted by atomic mass is 32.1. The lowest BCUT2D eigenvalue weighted by molar-refractivity contribution is 0.0331. The Labute approximate surface area is 192 Å². The fourth-order valence-electron chi connectivity index (χ4n) is 5.28. The van der Waals surface area contributed by atoms with Crippen molar-refractivity contribution in [1.82, 2.24) is 25.7 Å². The van der Waals surface area contributed by atoms with E-state index in [1.807, 2.05) is 0 Å². The standard InChI is InChI=1S/C24H30N6OS/c1-2-4-16(5-3-1)19-15-32-24-22(19)23(26-18-6-7-20-17(12-18)13-25-29-20)27-21(28-24)14-30-8-10-31-11-9-30/h1-5,15,17-18,20,25,29H,6-14H2,(H,26,27,28). The predicted octanol–water partition coefficient (Wildman–Crippen LogP) is 3.25. The van der Waals surface area contributed by atoms with Crippen LogP contribution in [0.15, 0.2) is 35.7 Å². The van der Waals surface area contributed by atoms with Crippen molar-refractivity contribution < 1.29 is 4.74 Å². The molecule has 0 amide bonds. The molecule has 168 valence electrons. The van der Waals surface area contributed by atoms with E-state index in [1.165, 1.54) is 24.0 Å². The number of hydrogen-bond acceptors (Lipinski definition) is 8. The van der Waals surface area contributed by atoms with Crippen molar-refractivity contribution in [3.8, 4) is 11.1 Å². The molecule has 3 atom stereocenters. The van der Waals surface area contributed by atoms with Crippen molar-refractivity contribution in [3.63, 3.8) is 0 Å². The van der Waals surface area contributed by atoms with Gasteiger partial charge in [-0.15, -0.1) is 11.3 Å². The fraction of sp³-hybridized carbons (Fsp3) is 0.500. The molecule has 0 spiro atoms. The van der Waals surface area contributed by atoms with Gasteiger partial charge in [-0.1, -0.05) is 30.3 Å². The second-order valence-electron chi connectivity index (χ2n) is 9.12. The van der Waals surface area contributed by atoms with E-state index in [9.17, 15) is 0 Å². The number of ether oxygens (including phenoxy) is 1. The molecule has 0 radical (unpaired) electrons. The molecule has 1 aromatic carbocycles. The molecule has 8 heteroatoms. The minimum atomic E-state index is 0.441. The maximum atomic E-state index is 5.52. The molecule has 32 heavy (non-hydrogen) atoms. The van der Waals surface area contributed by atoms with Gasteiger partial charge in [0, 0.05) is 42.7 Å². The summed E-state index contributed by atoms with van der Waals surface area (Å²) < 4.78 is 5.52. The average Bonchev–Trinajstić information content (AvgIpc) is 3.47. The number of fused-ring (bicyclic) bond motifs is 2. The van der Waals surface area contributed by atoms with Crippen LogP contribution < -0.4 is 16.2 Å². The second kappa shape index (κ2) is 9.03. The number of aromatic nitrogens is 2. The van der Waals surface area contributed by atoms with Gasteiger partial charge >= 0.3 is 0 Å². The van der Waals surface area contributed by atoms with Gasteiger partial charge in [0.25, 0.3) is 0 Å². The smallest absolute Gasteiger partial charge is 0.146 e. The number of nitrogens with one attached hydrogen (secondary N) is 3. The Hall–Kier alpha value is -2.10. The van der Waals surface area contributed by atoms with Crippen molar-refractivity contribution in [2.24, 2.45) is 5.92 Å². The van der Waals surface area contributed by atoms with E-state index in [4.69, 9.17) is 14.7 Å². The number of nitrogens with zero attached hydrogens (tertiary/aromatic N) is 3. The van der Waals surface area contributed by atoms with Gasteiger partial charge in [-0.05, 0) is 30.7 Å². The first-order chi connectivity index (χ1) is 15.8. The van der Waals surface area contributed by atoms with Gasteiger partial charge < -0.3 is 10.1 Å². The summed E-state index contributed by atoms with van der Waals surface area (Å²) in [6.07, 6.45) is 3.52. The molecule has 2 aromatic heterocycles. The first-order valence-corrected chi connectivity index (χ1v) is 12.6. The van der Waals surface area contributed by atoms with Crippen molar-refractivity contribution in [2.75, 3.05) is 38.2 Å². The SMILES string of the molecule is c1ccc(-c2csc3nc(CN4CCOCC4)nc(NC4CCC5NNCC5C4)c23)cc1. The summed E-state index contributed by atoms with van der Waals surface area (Å²) in [5.74, 6) is 2.59. The number of rotatable bonds is 5. The Balaban J connectivity index is 1.35. The van der Waals surface area contributed by atoms with Crippen LogP contribution in [0.2, 0.25) is 0 Å². The molecule has 3 fully saturated rings. The summed E-state index contributed by atoms with van der Waals surface area (Å²) in [6, 6.07) is 11.7. The summed E-state index contributed by atoms with van der Waals surface area (Å²) in [6.45, 7) is 5.29. The van der Waals surface area contributed by atoms with E-state index in [0.717, 1.165) is 67.7 Å².